The van der Waals surface area contributed by atoms with Crippen LogP contribution in [0.5, 0.6) is 0 Å². The zero-order valence-electron chi connectivity index (χ0n) is 11.3. The van der Waals surface area contributed by atoms with Crippen LogP contribution in [0.2, 0.25) is 0 Å². The van der Waals surface area contributed by atoms with Crippen LogP contribution in [0.25, 0.3) is 0 Å². The molecule has 5 atom stereocenters. The Kier molecular flexibility index (Phi) is 2.25. The summed E-state index contributed by atoms with van der Waals surface area (Å²) in [6.07, 6.45) is 6.96. The second kappa shape index (κ2) is 3.25. The van der Waals surface area contributed by atoms with Crippen LogP contribution in [0.4, 0.5) is 0 Å². The first-order chi connectivity index (χ1) is 7.42. The molecule has 2 bridgehead atoms. The predicted molar refractivity (Wildman–Crippen MR) is 66.3 cm³/mol. The van der Waals surface area contributed by atoms with Gasteiger partial charge in [0.15, 0.2) is 0 Å². The highest BCUT2D eigenvalue weighted by Crippen LogP contribution is 2.58. The summed E-state index contributed by atoms with van der Waals surface area (Å²) < 4.78 is 6.55. The van der Waals surface area contributed by atoms with Gasteiger partial charge in [0.05, 0.1) is 11.2 Å². The summed E-state index contributed by atoms with van der Waals surface area (Å²) in [5.41, 5.74) is 0.309. The van der Waals surface area contributed by atoms with Crippen molar-refractivity contribution >= 4 is 0 Å². The SMILES string of the molecule is C[C@@H]1CC[C@@H]2[C@@H]1C[C@@H]1CC[C@@]2(C)OC1(C)C. The van der Waals surface area contributed by atoms with Crippen LogP contribution in [0.15, 0.2) is 0 Å². The minimum absolute atomic E-state index is 0.122. The van der Waals surface area contributed by atoms with E-state index in [0.717, 1.165) is 23.7 Å². The minimum Gasteiger partial charge on any atom is -0.369 e. The Morgan fingerprint density at radius 3 is 2.50 bits per heavy atom. The summed E-state index contributed by atoms with van der Waals surface area (Å²) in [5.74, 6) is 3.52. The lowest BCUT2D eigenvalue weighted by atomic mass is 9.78. The lowest BCUT2D eigenvalue weighted by Crippen LogP contribution is -2.49. The molecule has 2 saturated heterocycles. The molecule has 0 aromatic heterocycles. The molecule has 0 N–H and O–H groups in total. The molecule has 0 spiro atoms. The first-order valence-electron chi connectivity index (χ1n) is 7.12. The van der Waals surface area contributed by atoms with E-state index >= 15 is 0 Å². The van der Waals surface area contributed by atoms with E-state index in [1.165, 1.54) is 32.1 Å². The summed E-state index contributed by atoms with van der Waals surface area (Å²) in [6, 6.07) is 0. The van der Waals surface area contributed by atoms with Gasteiger partial charge >= 0.3 is 0 Å². The lowest BCUT2D eigenvalue weighted by molar-refractivity contribution is -0.199. The number of hydrogen-bond donors (Lipinski definition) is 0. The lowest BCUT2D eigenvalue weighted by Gasteiger charge is -2.47. The van der Waals surface area contributed by atoms with E-state index in [-0.39, 0.29) is 11.2 Å². The molecule has 16 heavy (non-hydrogen) atoms. The van der Waals surface area contributed by atoms with Gasteiger partial charge in [-0.3, -0.25) is 0 Å². The van der Waals surface area contributed by atoms with Crippen molar-refractivity contribution in [3.05, 3.63) is 0 Å². The van der Waals surface area contributed by atoms with Gasteiger partial charge in [0, 0.05) is 0 Å². The highest BCUT2D eigenvalue weighted by molar-refractivity contribution is 5.05. The molecule has 2 heterocycles. The smallest absolute Gasteiger partial charge is 0.0692 e. The highest BCUT2D eigenvalue weighted by Gasteiger charge is 2.56. The zero-order valence-corrected chi connectivity index (χ0v) is 11.3. The Morgan fingerprint density at radius 2 is 1.81 bits per heavy atom. The Balaban J connectivity index is 1.99. The molecular weight excluding hydrogens is 196 g/mol. The maximum Gasteiger partial charge on any atom is 0.0692 e. The topological polar surface area (TPSA) is 9.23 Å². The Hall–Kier alpha value is -0.0400. The van der Waals surface area contributed by atoms with Crippen LogP contribution in [0, 0.1) is 23.7 Å². The van der Waals surface area contributed by atoms with E-state index < -0.39 is 0 Å². The number of fused-ring (bicyclic) bond motifs is 2. The first kappa shape index (κ1) is 11.1. The predicted octanol–water partition coefficient (Wildman–Crippen LogP) is 4.02. The van der Waals surface area contributed by atoms with Gasteiger partial charge in [-0.2, -0.15) is 0 Å². The first-order valence-corrected chi connectivity index (χ1v) is 7.12. The van der Waals surface area contributed by atoms with E-state index in [2.05, 4.69) is 27.7 Å². The second-order valence-corrected chi connectivity index (χ2v) is 7.31. The summed E-state index contributed by atoms with van der Waals surface area (Å²) in [4.78, 5) is 0. The average Bonchev–Trinajstić information content (AvgIpc) is 2.41. The normalized spacial score (nSPS) is 54.8. The summed E-state index contributed by atoms with van der Waals surface area (Å²) in [5, 5.41) is 0. The Labute approximate surface area is 99.9 Å². The van der Waals surface area contributed by atoms with Crippen molar-refractivity contribution in [1.82, 2.24) is 0 Å². The Bertz CT molecular complexity index is 296. The standard InChI is InChI=1S/C15H26O/c1-10-5-6-13-12(10)9-11-7-8-15(13,4)16-14(11,2)3/h10-13H,5-9H2,1-4H3/t10-,11+,12-,13-,15-/m1/s1. The van der Waals surface area contributed by atoms with Crippen molar-refractivity contribution in [3.63, 3.8) is 0 Å². The van der Waals surface area contributed by atoms with Crippen molar-refractivity contribution in [2.24, 2.45) is 23.7 Å². The van der Waals surface area contributed by atoms with E-state index in [0.29, 0.717) is 0 Å². The van der Waals surface area contributed by atoms with Gasteiger partial charge in [-0.25, -0.2) is 0 Å². The minimum atomic E-state index is 0.122. The fourth-order valence-corrected chi connectivity index (χ4v) is 4.96. The van der Waals surface area contributed by atoms with E-state index in [1.54, 1.807) is 0 Å². The molecule has 2 aliphatic heterocycles. The molecule has 92 valence electrons. The van der Waals surface area contributed by atoms with Crippen LogP contribution >= 0.6 is 0 Å². The van der Waals surface area contributed by atoms with Crippen LogP contribution in [0.3, 0.4) is 0 Å². The maximum absolute atomic E-state index is 6.55. The molecule has 1 heteroatoms. The van der Waals surface area contributed by atoms with Gasteiger partial charge in [-0.1, -0.05) is 13.3 Å². The molecule has 0 radical (unpaired) electrons. The molecule has 2 aliphatic carbocycles. The van der Waals surface area contributed by atoms with Crippen molar-refractivity contribution in [3.8, 4) is 0 Å². The fourth-order valence-electron chi connectivity index (χ4n) is 4.96. The van der Waals surface area contributed by atoms with Gasteiger partial charge in [0.2, 0.25) is 0 Å². The third kappa shape index (κ3) is 1.40. The molecule has 2 saturated carbocycles. The van der Waals surface area contributed by atoms with Crippen molar-refractivity contribution < 1.29 is 4.74 Å². The summed E-state index contributed by atoms with van der Waals surface area (Å²) in [6.45, 7) is 9.50. The van der Waals surface area contributed by atoms with Crippen LogP contribution in [-0.4, -0.2) is 11.2 Å². The fraction of sp³-hybridized carbons (Fsp3) is 1.00. The van der Waals surface area contributed by atoms with Crippen molar-refractivity contribution in [2.75, 3.05) is 0 Å². The third-order valence-corrected chi connectivity index (χ3v) is 5.99. The third-order valence-electron chi connectivity index (χ3n) is 5.99. The van der Waals surface area contributed by atoms with Crippen LogP contribution < -0.4 is 0 Å². The second-order valence-electron chi connectivity index (χ2n) is 7.31. The molecule has 0 aromatic rings. The van der Waals surface area contributed by atoms with Crippen molar-refractivity contribution in [2.45, 2.75) is 71.0 Å². The largest absolute Gasteiger partial charge is 0.369 e. The molecule has 0 aromatic carbocycles. The van der Waals surface area contributed by atoms with Gasteiger partial charge < -0.3 is 4.74 Å². The van der Waals surface area contributed by atoms with Crippen LogP contribution in [0.1, 0.15) is 59.8 Å². The van der Waals surface area contributed by atoms with Gasteiger partial charge in [0.1, 0.15) is 0 Å². The maximum atomic E-state index is 6.55. The molecule has 0 amide bonds. The molecule has 4 rings (SSSR count). The number of hydrogen-bond acceptors (Lipinski definition) is 1. The molecular formula is C15H26O. The van der Waals surface area contributed by atoms with E-state index in [4.69, 9.17) is 4.74 Å². The number of ether oxygens (including phenoxy) is 1. The van der Waals surface area contributed by atoms with Gasteiger partial charge in [-0.15, -0.1) is 0 Å². The average molecular weight is 222 g/mol. The molecule has 4 fully saturated rings. The highest BCUT2D eigenvalue weighted by atomic mass is 16.5. The quantitative estimate of drug-likeness (QED) is 0.601. The van der Waals surface area contributed by atoms with Crippen molar-refractivity contribution in [1.29, 1.82) is 0 Å². The molecule has 4 aliphatic rings. The number of rotatable bonds is 0. The molecule has 1 nitrogen and oxygen atoms in total. The van der Waals surface area contributed by atoms with Gasteiger partial charge in [0.25, 0.3) is 0 Å². The van der Waals surface area contributed by atoms with E-state index in [1.807, 2.05) is 0 Å². The summed E-state index contributed by atoms with van der Waals surface area (Å²) >= 11 is 0. The van der Waals surface area contributed by atoms with E-state index in [9.17, 15) is 0 Å². The van der Waals surface area contributed by atoms with Gasteiger partial charge in [-0.05, 0) is 70.1 Å². The summed E-state index contributed by atoms with van der Waals surface area (Å²) in [7, 11) is 0. The zero-order chi connectivity index (χ0) is 11.6. The molecule has 0 unspecified atom stereocenters. The Morgan fingerprint density at radius 1 is 1.06 bits per heavy atom. The monoisotopic (exact) mass is 222 g/mol. The van der Waals surface area contributed by atoms with Crippen LogP contribution in [-0.2, 0) is 4.74 Å².